The summed E-state index contributed by atoms with van der Waals surface area (Å²) >= 11 is 9.36. The molecule has 0 aliphatic carbocycles. The molecule has 0 spiro atoms. The third-order valence-corrected chi connectivity index (χ3v) is 4.52. The van der Waals surface area contributed by atoms with Crippen molar-refractivity contribution in [3.8, 4) is 17.6 Å². The molecule has 0 unspecified atom stereocenters. The van der Waals surface area contributed by atoms with Crippen molar-refractivity contribution in [1.82, 2.24) is 5.32 Å². The van der Waals surface area contributed by atoms with Gasteiger partial charge in [-0.15, -0.1) is 0 Å². The number of aliphatic carboxylic acids is 1. The number of nitrogens with one attached hydrogen (secondary N) is 1. The summed E-state index contributed by atoms with van der Waals surface area (Å²) in [7, 11) is 1.57. The molecule has 0 aromatic heterocycles. The van der Waals surface area contributed by atoms with E-state index in [4.69, 9.17) is 26.2 Å². The fourth-order valence-electron chi connectivity index (χ4n) is 2.27. The Morgan fingerprint density at radius 2 is 2.00 bits per heavy atom. The lowest BCUT2D eigenvalue weighted by atomic mass is 10.1. The molecule has 0 fully saturated rings. The molecular weight excluding hydrogens is 464 g/mol. The molecule has 0 heterocycles. The zero-order chi connectivity index (χ0) is 21.4. The summed E-state index contributed by atoms with van der Waals surface area (Å²) in [5.74, 6) is -0.816. The summed E-state index contributed by atoms with van der Waals surface area (Å²) in [6.45, 7) is -0.307. The van der Waals surface area contributed by atoms with Gasteiger partial charge in [-0.2, -0.15) is 5.26 Å². The summed E-state index contributed by atoms with van der Waals surface area (Å²) < 4.78 is 10.6. The van der Waals surface area contributed by atoms with Crippen LogP contribution in [-0.2, 0) is 16.1 Å². The first-order valence-corrected chi connectivity index (χ1v) is 9.37. The van der Waals surface area contributed by atoms with Crippen molar-refractivity contribution in [2.75, 3.05) is 13.7 Å². The summed E-state index contributed by atoms with van der Waals surface area (Å²) in [5, 5.41) is 20.9. The van der Waals surface area contributed by atoms with Crippen LogP contribution < -0.4 is 14.8 Å². The van der Waals surface area contributed by atoms with E-state index in [-0.39, 0.29) is 22.9 Å². The normalized spacial score (nSPS) is 10.8. The smallest absolute Gasteiger partial charge is 0.341 e. The van der Waals surface area contributed by atoms with Gasteiger partial charge in [-0.3, -0.25) is 4.79 Å². The molecule has 7 nitrogen and oxygen atoms in total. The van der Waals surface area contributed by atoms with E-state index in [9.17, 15) is 14.9 Å². The number of hydrogen-bond donors (Lipinski definition) is 2. The van der Waals surface area contributed by atoms with Gasteiger partial charge >= 0.3 is 5.97 Å². The highest BCUT2D eigenvalue weighted by Gasteiger charge is 2.13. The molecule has 0 aliphatic heterocycles. The fourth-order valence-corrected chi connectivity index (χ4v) is 3.26. The molecule has 0 radical (unpaired) electrons. The van der Waals surface area contributed by atoms with Crippen LogP contribution in [0.3, 0.4) is 0 Å². The number of nitriles is 1. The van der Waals surface area contributed by atoms with Gasteiger partial charge in [0.1, 0.15) is 17.4 Å². The van der Waals surface area contributed by atoms with Crippen molar-refractivity contribution < 1.29 is 24.2 Å². The van der Waals surface area contributed by atoms with Crippen LogP contribution in [0.15, 0.2) is 46.4 Å². The quantitative estimate of drug-likeness (QED) is 0.440. The van der Waals surface area contributed by atoms with Gasteiger partial charge in [-0.1, -0.05) is 23.7 Å². The SMILES string of the molecule is COc1ccc(CNC(=O)/C(C#N)=C\c2cc(Cl)c(OCC(=O)O)c(Br)c2)cc1. The monoisotopic (exact) mass is 478 g/mol. The van der Waals surface area contributed by atoms with Crippen LogP contribution in [0, 0.1) is 11.3 Å². The number of benzene rings is 2. The van der Waals surface area contributed by atoms with E-state index in [2.05, 4.69) is 21.2 Å². The number of methoxy groups -OCH3 is 1. The Morgan fingerprint density at radius 1 is 1.31 bits per heavy atom. The first kappa shape index (κ1) is 22.3. The maximum Gasteiger partial charge on any atom is 0.341 e. The molecule has 29 heavy (non-hydrogen) atoms. The Morgan fingerprint density at radius 3 is 2.55 bits per heavy atom. The highest BCUT2D eigenvalue weighted by molar-refractivity contribution is 9.10. The molecule has 0 saturated carbocycles. The second-order valence-corrected chi connectivity index (χ2v) is 6.96. The maximum absolute atomic E-state index is 12.3. The number of carbonyl (C=O) groups is 2. The average molecular weight is 480 g/mol. The molecule has 150 valence electrons. The Labute approximate surface area is 180 Å². The van der Waals surface area contributed by atoms with Gasteiger partial charge in [-0.25, -0.2) is 4.79 Å². The Bertz CT molecular complexity index is 960. The maximum atomic E-state index is 12.3. The number of nitrogens with zero attached hydrogens (tertiary/aromatic N) is 1. The number of halogens is 2. The molecule has 9 heteroatoms. The van der Waals surface area contributed by atoms with E-state index in [1.54, 1.807) is 25.3 Å². The summed E-state index contributed by atoms with van der Waals surface area (Å²) in [5.41, 5.74) is 1.21. The zero-order valence-corrected chi connectivity index (χ0v) is 17.6. The molecule has 0 aliphatic rings. The topological polar surface area (TPSA) is 109 Å². The van der Waals surface area contributed by atoms with Crippen molar-refractivity contribution in [3.05, 3.63) is 62.6 Å². The highest BCUT2D eigenvalue weighted by atomic mass is 79.9. The first-order chi connectivity index (χ1) is 13.8. The first-order valence-electron chi connectivity index (χ1n) is 8.20. The van der Waals surface area contributed by atoms with E-state index >= 15 is 0 Å². The molecule has 2 N–H and O–H groups in total. The van der Waals surface area contributed by atoms with E-state index < -0.39 is 18.5 Å². The predicted octanol–water partition coefficient (Wildman–Crippen LogP) is 3.80. The highest BCUT2D eigenvalue weighted by Crippen LogP contribution is 2.35. The number of hydrogen-bond acceptors (Lipinski definition) is 5. The molecule has 1 amide bonds. The number of ether oxygens (including phenoxy) is 2. The van der Waals surface area contributed by atoms with Crippen molar-refractivity contribution in [1.29, 1.82) is 5.26 Å². The minimum atomic E-state index is -1.14. The average Bonchev–Trinajstić information content (AvgIpc) is 2.69. The fraction of sp³-hybridized carbons (Fsp3) is 0.150. The standard InChI is InChI=1S/C20H16BrClN2O5/c1-28-15-4-2-12(3-5-15)10-24-20(27)14(9-23)6-13-7-16(21)19(17(22)8-13)29-11-18(25)26/h2-8H,10-11H2,1H3,(H,24,27)(H,25,26)/b14-6-. The van der Waals surface area contributed by atoms with Crippen LogP contribution in [0.4, 0.5) is 0 Å². The number of amides is 1. The lowest BCUT2D eigenvalue weighted by Crippen LogP contribution is -2.23. The van der Waals surface area contributed by atoms with Gasteiger partial charge < -0.3 is 19.9 Å². The van der Waals surface area contributed by atoms with Crippen LogP contribution >= 0.6 is 27.5 Å². The zero-order valence-electron chi connectivity index (χ0n) is 15.2. The Hall–Kier alpha value is -3.02. The van der Waals surface area contributed by atoms with Gasteiger partial charge in [0.15, 0.2) is 12.4 Å². The summed E-state index contributed by atoms with van der Waals surface area (Å²) in [6, 6.07) is 12.1. The molecule has 0 atom stereocenters. The van der Waals surface area contributed by atoms with Crippen molar-refractivity contribution >= 4 is 45.5 Å². The molecular formula is C20H16BrClN2O5. The predicted molar refractivity (Wildman–Crippen MR) is 111 cm³/mol. The largest absolute Gasteiger partial charge is 0.497 e. The van der Waals surface area contributed by atoms with Gasteiger partial charge in [-0.05, 0) is 57.4 Å². The lowest BCUT2D eigenvalue weighted by Gasteiger charge is -2.10. The Balaban J connectivity index is 2.12. The van der Waals surface area contributed by atoms with Crippen molar-refractivity contribution in [2.45, 2.75) is 6.54 Å². The van der Waals surface area contributed by atoms with Crippen LogP contribution in [0.5, 0.6) is 11.5 Å². The number of carbonyl (C=O) groups excluding carboxylic acids is 1. The van der Waals surface area contributed by atoms with E-state index in [1.165, 1.54) is 12.1 Å². The summed E-state index contributed by atoms with van der Waals surface area (Å²) in [6.07, 6.45) is 1.38. The lowest BCUT2D eigenvalue weighted by molar-refractivity contribution is -0.139. The second kappa shape index (κ2) is 10.5. The molecule has 0 saturated heterocycles. The van der Waals surface area contributed by atoms with Gasteiger partial charge in [0, 0.05) is 6.54 Å². The third-order valence-electron chi connectivity index (χ3n) is 3.65. The number of rotatable bonds is 8. The van der Waals surface area contributed by atoms with Gasteiger partial charge in [0.05, 0.1) is 16.6 Å². The molecule has 2 aromatic carbocycles. The van der Waals surface area contributed by atoms with E-state index in [0.29, 0.717) is 15.8 Å². The summed E-state index contributed by atoms with van der Waals surface area (Å²) in [4.78, 5) is 23.0. The number of carboxylic acid groups (broad SMARTS) is 1. The van der Waals surface area contributed by atoms with Gasteiger partial charge in [0.25, 0.3) is 5.91 Å². The third kappa shape index (κ3) is 6.52. The van der Waals surface area contributed by atoms with Crippen LogP contribution in [-0.4, -0.2) is 30.7 Å². The molecule has 2 rings (SSSR count). The van der Waals surface area contributed by atoms with Crippen molar-refractivity contribution in [3.63, 3.8) is 0 Å². The van der Waals surface area contributed by atoms with E-state index in [0.717, 1.165) is 5.56 Å². The van der Waals surface area contributed by atoms with Crippen LogP contribution in [0.25, 0.3) is 6.08 Å². The van der Waals surface area contributed by atoms with E-state index in [1.807, 2.05) is 18.2 Å². The van der Waals surface area contributed by atoms with Gasteiger partial charge in [0.2, 0.25) is 0 Å². The molecule has 2 aromatic rings. The van der Waals surface area contributed by atoms with Crippen LogP contribution in [0.1, 0.15) is 11.1 Å². The minimum absolute atomic E-state index is 0.110. The van der Waals surface area contributed by atoms with Crippen LogP contribution in [0.2, 0.25) is 5.02 Å². The number of carboxylic acids is 1. The van der Waals surface area contributed by atoms with Crippen molar-refractivity contribution in [2.24, 2.45) is 0 Å². The second-order valence-electron chi connectivity index (χ2n) is 5.70. The Kier molecular flexibility index (Phi) is 8.07. The molecule has 0 bridgehead atoms. The minimum Gasteiger partial charge on any atom is -0.497 e.